The number of aliphatic carboxylic acids is 1. The van der Waals surface area contributed by atoms with Crippen LogP contribution in [0.3, 0.4) is 0 Å². The van der Waals surface area contributed by atoms with Crippen molar-refractivity contribution >= 4 is 12.0 Å². The highest BCUT2D eigenvalue weighted by Crippen LogP contribution is 2.22. The van der Waals surface area contributed by atoms with E-state index in [1.807, 2.05) is 0 Å². The molecule has 2 unspecified atom stereocenters. The number of nitrogens with one attached hydrogen (secondary N) is 2. The topological polar surface area (TPSA) is 98.3 Å². The summed E-state index contributed by atoms with van der Waals surface area (Å²) in [6.45, 7) is 5.64. The van der Waals surface area contributed by atoms with Gasteiger partial charge in [0.1, 0.15) is 6.04 Å². The number of carboxylic acids is 1. The van der Waals surface area contributed by atoms with Gasteiger partial charge in [0.05, 0.1) is 6.33 Å². The summed E-state index contributed by atoms with van der Waals surface area (Å²) in [5.74, 6) is -0.0222. The summed E-state index contributed by atoms with van der Waals surface area (Å²) in [5, 5.41) is 11.8. The minimum Gasteiger partial charge on any atom is -0.480 e. The molecule has 116 valence electrons. The molecule has 7 heteroatoms. The van der Waals surface area contributed by atoms with Gasteiger partial charge in [-0.25, -0.2) is 14.6 Å². The first-order valence-corrected chi connectivity index (χ1v) is 7.23. The van der Waals surface area contributed by atoms with Crippen LogP contribution in [0.4, 0.5) is 4.79 Å². The van der Waals surface area contributed by atoms with Crippen molar-refractivity contribution in [3.05, 3.63) is 18.2 Å². The van der Waals surface area contributed by atoms with E-state index in [9.17, 15) is 14.7 Å². The number of hydrogen-bond acceptors (Lipinski definition) is 3. The molecule has 0 saturated carbocycles. The lowest BCUT2D eigenvalue weighted by Gasteiger charge is -2.35. The van der Waals surface area contributed by atoms with Crippen LogP contribution in [0.5, 0.6) is 0 Å². The zero-order valence-electron chi connectivity index (χ0n) is 12.4. The number of aromatic nitrogens is 2. The van der Waals surface area contributed by atoms with E-state index in [-0.39, 0.29) is 12.5 Å². The third-order valence-electron chi connectivity index (χ3n) is 4.20. The van der Waals surface area contributed by atoms with Crippen molar-refractivity contribution in [1.82, 2.24) is 20.2 Å². The first-order chi connectivity index (χ1) is 9.97. The van der Waals surface area contributed by atoms with Gasteiger partial charge in [-0.15, -0.1) is 0 Å². The number of carboxylic acid groups (broad SMARTS) is 1. The van der Waals surface area contributed by atoms with E-state index in [0.717, 1.165) is 6.42 Å². The quantitative estimate of drug-likeness (QED) is 0.774. The number of nitrogens with zero attached hydrogens (tertiary/aromatic N) is 2. The highest BCUT2D eigenvalue weighted by Gasteiger charge is 2.29. The molecule has 0 spiro atoms. The normalized spacial score (nSPS) is 23.6. The van der Waals surface area contributed by atoms with Crippen molar-refractivity contribution in [1.29, 1.82) is 0 Å². The second-order valence-corrected chi connectivity index (χ2v) is 5.81. The zero-order chi connectivity index (χ0) is 15.4. The molecule has 0 bridgehead atoms. The lowest BCUT2D eigenvalue weighted by atomic mass is 9.89. The Bertz CT molecular complexity index is 488. The number of amides is 2. The van der Waals surface area contributed by atoms with Gasteiger partial charge in [-0.2, -0.15) is 0 Å². The van der Waals surface area contributed by atoms with Crippen LogP contribution < -0.4 is 5.32 Å². The predicted octanol–water partition coefficient (Wildman–Crippen LogP) is 1.09. The number of urea groups is 1. The number of likely N-dealkylation sites (tertiary alicyclic amines) is 1. The van der Waals surface area contributed by atoms with Crippen molar-refractivity contribution in [3.8, 4) is 0 Å². The monoisotopic (exact) mass is 294 g/mol. The van der Waals surface area contributed by atoms with Crippen LogP contribution in [-0.4, -0.2) is 51.1 Å². The fourth-order valence-electron chi connectivity index (χ4n) is 2.50. The van der Waals surface area contributed by atoms with Gasteiger partial charge in [0.25, 0.3) is 0 Å². The molecule has 2 rings (SSSR count). The summed E-state index contributed by atoms with van der Waals surface area (Å²) in [5.41, 5.74) is 0.684. The minimum absolute atomic E-state index is 0.195. The molecule has 3 N–H and O–H groups in total. The maximum atomic E-state index is 12.2. The van der Waals surface area contributed by atoms with Crippen LogP contribution in [0.2, 0.25) is 0 Å². The molecule has 1 aromatic heterocycles. The van der Waals surface area contributed by atoms with E-state index in [4.69, 9.17) is 0 Å². The summed E-state index contributed by atoms with van der Waals surface area (Å²) in [7, 11) is 0. The number of carbonyl (C=O) groups excluding carboxylic acids is 1. The van der Waals surface area contributed by atoms with E-state index in [0.29, 0.717) is 30.6 Å². The molecule has 7 nitrogen and oxygen atoms in total. The number of H-pyrrole nitrogens is 1. The largest absolute Gasteiger partial charge is 0.480 e. The van der Waals surface area contributed by atoms with Crippen LogP contribution in [0.1, 0.15) is 26.0 Å². The average Bonchev–Trinajstić information content (AvgIpc) is 2.93. The molecule has 1 aromatic rings. The fraction of sp³-hybridized carbons (Fsp3) is 0.643. The summed E-state index contributed by atoms with van der Waals surface area (Å²) >= 11 is 0. The van der Waals surface area contributed by atoms with Crippen molar-refractivity contribution < 1.29 is 14.7 Å². The number of carbonyl (C=O) groups is 2. The number of aromatic amines is 1. The second-order valence-electron chi connectivity index (χ2n) is 5.81. The molecule has 2 amide bonds. The van der Waals surface area contributed by atoms with Crippen LogP contribution in [0.15, 0.2) is 12.5 Å². The van der Waals surface area contributed by atoms with Gasteiger partial charge < -0.3 is 20.3 Å². The summed E-state index contributed by atoms with van der Waals surface area (Å²) in [6.07, 6.45) is 4.20. The van der Waals surface area contributed by atoms with Gasteiger partial charge in [0.2, 0.25) is 0 Å². The maximum Gasteiger partial charge on any atom is 0.326 e. The van der Waals surface area contributed by atoms with E-state index in [1.54, 1.807) is 11.1 Å². The molecular weight excluding hydrogens is 272 g/mol. The number of imidazole rings is 1. The Morgan fingerprint density at radius 3 is 2.86 bits per heavy atom. The predicted molar refractivity (Wildman–Crippen MR) is 76.8 cm³/mol. The molecule has 0 aromatic carbocycles. The van der Waals surface area contributed by atoms with E-state index >= 15 is 0 Å². The number of piperidine rings is 1. The van der Waals surface area contributed by atoms with Crippen molar-refractivity contribution in [2.45, 2.75) is 32.7 Å². The van der Waals surface area contributed by atoms with Crippen molar-refractivity contribution in [2.75, 3.05) is 13.1 Å². The van der Waals surface area contributed by atoms with Crippen molar-refractivity contribution in [2.24, 2.45) is 11.8 Å². The van der Waals surface area contributed by atoms with Gasteiger partial charge >= 0.3 is 12.0 Å². The molecule has 1 aliphatic rings. The second kappa shape index (κ2) is 6.60. The third-order valence-corrected chi connectivity index (χ3v) is 4.20. The highest BCUT2D eigenvalue weighted by atomic mass is 16.4. The van der Waals surface area contributed by atoms with E-state index in [1.165, 1.54) is 6.33 Å². The van der Waals surface area contributed by atoms with Gasteiger partial charge in [-0.3, -0.25) is 0 Å². The highest BCUT2D eigenvalue weighted by molar-refractivity contribution is 5.82. The molecule has 1 fully saturated rings. The maximum absolute atomic E-state index is 12.2. The van der Waals surface area contributed by atoms with Gasteiger partial charge in [0, 0.05) is 31.4 Å². The van der Waals surface area contributed by atoms with Crippen molar-refractivity contribution in [3.63, 3.8) is 0 Å². The average molecular weight is 294 g/mol. The summed E-state index contributed by atoms with van der Waals surface area (Å²) < 4.78 is 0. The molecule has 1 aliphatic heterocycles. The van der Waals surface area contributed by atoms with Gasteiger partial charge in [-0.1, -0.05) is 13.8 Å². The van der Waals surface area contributed by atoms with E-state index < -0.39 is 12.0 Å². The number of rotatable bonds is 4. The molecule has 0 radical (unpaired) electrons. The van der Waals surface area contributed by atoms with Gasteiger partial charge in [-0.05, 0) is 18.3 Å². The Morgan fingerprint density at radius 1 is 1.52 bits per heavy atom. The molecule has 21 heavy (non-hydrogen) atoms. The Kier molecular flexibility index (Phi) is 4.82. The standard InChI is InChI=1S/C14H22N4O3/c1-9-3-4-18(7-10(9)2)14(21)17-12(13(19)20)5-11-6-15-8-16-11/h6,8-10,12H,3-5,7H2,1-2H3,(H,15,16)(H,17,21)(H,19,20)/t9?,10?,12-/m0/s1. The van der Waals surface area contributed by atoms with Crippen LogP contribution in [-0.2, 0) is 11.2 Å². The molecule has 2 heterocycles. The van der Waals surface area contributed by atoms with E-state index in [2.05, 4.69) is 29.1 Å². The summed E-state index contributed by atoms with van der Waals surface area (Å²) in [4.78, 5) is 31.9. The van der Waals surface area contributed by atoms with Crippen LogP contribution >= 0.6 is 0 Å². The first kappa shape index (κ1) is 15.3. The molecule has 3 atom stereocenters. The summed E-state index contributed by atoms with van der Waals surface area (Å²) in [6, 6.07) is -1.26. The number of hydrogen-bond donors (Lipinski definition) is 3. The van der Waals surface area contributed by atoms with Crippen LogP contribution in [0.25, 0.3) is 0 Å². The molecular formula is C14H22N4O3. The molecule has 0 aliphatic carbocycles. The SMILES string of the molecule is CC1CCN(C(=O)N[C@@H](Cc2cnc[nH]2)C(=O)O)CC1C. The lowest BCUT2D eigenvalue weighted by Crippen LogP contribution is -2.52. The minimum atomic E-state index is -1.05. The smallest absolute Gasteiger partial charge is 0.326 e. The Morgan fingerprint density at radius 2 is 2.29 bits per heavy atom. The first-order valence-electron chi connectivity index (χ1n) is 7.23. The Hall–Kier alpha value is -2.05. The fourth-order valence-corrected chi connectivity index (χ4v) is 2.50. The third kappa shape index (κ3) is 3.96. The van der Waals surface area contributed by atoms with Crippen LogP contribution in [0, 0.1) is 11.8 Å². The Labute approximate surface area is 123 Å². The zero-order valence-corrected chi connectivity index (χ0v) is 12.4. The lowest BCUT2D eigenvalue weighted by molar-refractivity contribution is -0.139. The Balaban J connectivity index is 1.93. The molecule has 1 saturated heterocycles. The van der Waals surface area contributed by atoms with Gasteiger partial charge in [0.15, 0.2) is 0 Å².